The predicted octanol–water partition coefficient (Wildman–Crippen LogP) is -4.42. The lowest BCUT2D eigenvalue weighted by atomic mass is 10.1. The minimum atomic E-state index is -1.18. The van der Waals surface area contributed by atoms with Gasteiger partial charge in [-0.15, -0.1) is 0 Å². The van der Waals surface area contributed by atoms with Gasteiger partial charge < -0.3 is 30.3 Å². The Morgan fingerprint density at radius 3 is 2.79 bits per heavy atom. The molecule has 3 aliphatic heterocycles. The Labute approximate surface area is 139 Å². The molecular formula is C13H24N6O5. The summed E-state index contributed by atoms with van der Waals surface area (Å²) in [5.41, 5.74) is 0. The lowest BCUT2D eigenvalue weighted by Gasteiger charge is -2.37. The minimum absolute atomic E-state index is 0.214. The number of ether oxygens (including phenoxy) is 1. The molecule has 0 aliphatic carbocycles. The highest BCUT2D eigenvalue weighted by molar-refractivity contribution is 5.84. The van der Waals surface area contributed by atoms with Crippen molar-refractivity contribution in [2.45, 2.75) is 43.0 Å². The summed E-state index contributed by atoms with van der Waals surface area (Å²) >= 11 is 0. The molecule has 6 N–H and O–H groups in total. The fraction of sp³-hybridized carbons (Fsp3) is 0.846. The number of rotatable bonds is 4. The van der Waals surface area contributed by atoms with Crippen LogP contribution >= 0.6 is 0 Å². The lowest BCUT2D eigenvalue weighted by Crippen LogP contribution is -2.68. The molecule has 136 valence electrons. The Kier molecular flexibility index (Phi) is 5.01. The number of amides is 1. The fourth-order valence-electron chi connectivity index (χ4n) is 3.14. The number of aliphatic imine (C=N–C) groups is 1. The molecule has 3 saturated heterocycles. The van der Waals surface area contributed by atoms with E-state index in [1.807, 2.05) is 14.1 Å². The third kappa shape index (κ3) is 3.11. The van der Waals surface area contributed by atoms with E-state index >= 15 is 0 Å². The van der Waals surface area contributed by atoms with E-state index in [1.165, 1.54) is 0 Å². The molecule has 1 amide bonds. The van der Waals surface area contributed by atoms with Gasteiger partial charge in [0.25, 0.3) is 0 Å². The van der Waals surface area contributed by atoms with Crippen molar-refractivity contribution in [3.05, 3.63) is 0 Å². The van der Waals surface area contributed by atoms with Crippen LogP contribution < -0.4 is 16.0 Å². The second kappa shape index (κ2) is 6.88. The number of carbonyl (C=O) groups is 1. The predicted molar refractivity (Wildman–Crippen MR) is 82.4 cm³/mol. The number of carbonyl (C=O) groups excluding carboxylic acids is 1. The molecule has 24 heavy (non-hydrogen) atoms. The largest absolute Gasteiger partial charge is 0.394 e. The van der Waals surface area contributed by atoms with Crippen molar-refractivity contribution in [1.29, 1.82) is 0 Å². The number of fused-ring (bicyclic) bond motifs is 1. The van der Waals surface area contributed by atoms with Gasteiger partial charge in [-0.25, -0.2) is 9.89 Å². The van der Waals surface area contributed by atoms with E-state index in [4.69, 9.17) is 4.74 Å². The normalized spacial score (nSPS) is 43.2. The van der Waals surface area contributed by atoms with E-state index < -0.39 is 49.6 Å². The zero-order valence-corrected chi connectivity index (χ0v) is 13.5. The maximum absolute atomic E-state index is 12.2. The molecule has 0 spiro atoms. The van der Waals surface area contributed by atoms with Crippen LogP contribution in [0.1, 0.15) is 0 Å². The molecule has 3 fully saturated rings. The molecule has 3 rings (SSSR count). The van der Waals surface area contributed by atoms with Crippen molar-refractivity contribution >= 4 is 12.2 Å². The van der Waals surface area contributed by atoms with Crippen molar-refractivity contribution in [1.82, 2.24) is 25.8 Å². The van der Waals surface area contributed by atoms with E-state index in [-0.39, 0.29) is 12.6 Å². The molecule has 0 aromatic carbocycles. The highest BCUT2D eigenvalue weighted by Gasteiger charge is 2.52. The summed E-state index contributed by atoms with van der Waals surface area (Å²) in [6.07, 6.45) is -3.55. The SMILES string of the molecule is CN(C)C=NC1NC(=O)C2NCN([C@@H]3O[C@H](CO)[C@@H](O)[C@H]3O)C2N1. The average molecular weight is 344 g/mol. The van der Waals surface area contributed by atoms with Crippen LogP contribution in [0.2, 0.25) is 0 Å². The Bertz CT molecular complexity index is 505. The standard InChI is InChI=1S/C13H24N6O5/c1-18(2)4-15-13-16-10-7(11(23)17-13)14-5-19(10)12-9(22)8(21)6(3-20)24-12/h4,6-10,12-14,16,20-22H,3,5H2,1-2H3,(H,17,23)/t6-,7?,8-,9-,10?,12-,13?/m1/s1. The molecule has 3 aliphatic rings. The van der Waals surface area contributed by atoms with Gasteiger partial charge in [0, 0.05) is 14.1 Å². The van der Waals surface area contributed by atoms with Crippen LogP contribution in [0.3, 0.4) is 0 Å². The zero-order chi connectivity index (χ0) is 17.4. The average Bonchev–Trinajstić information content (AvgIpc) is 3.08. The van der Waals surface area contributed by atoms with Gasteiger partial charge in [0.05, 0.1) is 25.8 Å². The van der Waals surface area contributed by atoms with Crippen LogP contribution in [0.5, 0.6) is 0 Å². The highest BCUT2D eigenvalue weighted by atomic mass is 16.6. The molecule has 0 saturated carbocycles. The van der Waals surface area contributed by atoms with Crippen molar-refractivity contribution in [2.75, 3.05) is 27.4 Å². The van der Waals surface area contributed by atoms with E-state index in [1.54, 1.807) is 16.1 Å². The van der Waals surface area contributed by atoms with Gasteiger partial charge in [0.15, 0.2) is 6.29 Å². The summed E-state index contributed by atoms with van der Waals surface area (Å²) in [5, 5.41) is 38.3. The first-order valence-corrected chi connectivity index (χ1v) is 7.80. The monoisotopic (exact) mass is 344 g/mol. The first-order valence-electron chi connectivity index (χ1n) is 7.80. The van der Waals surface area contributed by atoms with Gasteiger partial charge in [0.1, 0.15) is 30.6 Å². The molecule has 0 bridgehead atoms. The van der Waals surface area contributed by atoms with Crippen LogP contribution in [0.25, 0.3) is 0 Å². The zero-order valence-electron chi connectivity index (χ0n) is 13.5. The first-order chi connectivity index (χ1) is 11.4. The van der Waals surface area contributed by atoms with Crippen molar-refractivity contribution in [3.63, 3.8) is 0 Å². The maximum atomic E-state index is 12.2. The summed E-state index contributed by atoms with van der Waals surface area (Å²) in [5.74, 6) is -0.214. The lowest BCUT2D eigenvalue weighted by molar-refractivity contribution is -0.133. The molecule has 11 heteroatoms. The Balaban J connectivity index is 1.73. The number of nitrogens with one attached hydrogen (secondary N) is 3. The smallest absolute Gasteiger partial charge is 0.242 e. The Hall–Kier alpha value is -1.34. The van der Waals surface area contributed by atoms with Crippen LogP contribution in [0.15, 0.2) is 4.99 Å². The quantitative estimate of drug-likeness (QED) is 0.220. The third-order valence-corrected chi connectivity index (χ3v) is 4.35. The van der Waals surface area contributed by atoms with E-state index in [9.17, 15) is 20.1 Å². The third-order valence-electron chi connectivity index (χ3n) is 4.35. The van der Waals surface area contributed by atoms with Crippen LogP contribution in [-0.4, -0.2) is 108 Å². The van der Waals surface area contributed by atoms with Gasteiger partial charge >= 0.3 is 0 Å². The second-order valence-electron chi connectivity index (χ2n) is 6.33. The molecular weight excluding hydrogens is 320 g/mol. The van der Waals surface area contributed by atoms with Crippen molar-refractivity contribution in [3.8, 4) is 0 Å². The molecule has 7 atom stereocenters. The Morgan fingerprint density at radius 1 is 1.42 bits per heavy atom. The first kappa shape index (κ1) is 17.5. The molecule has 0 radical (unpaired) electrons. The van der Waals surface area contributed by atoms with Gasteiger partial charge in [-0.05, 0) is 0 Å². The molecule has 3 heterocycles. The maximum Gasteiger partial charge on any atom is 0.242 e. The van der Waals surface area contributed by atoms with Gasteiger partial charge in [-0.1, -0.05) is 0 Å². The van der Waals surface area contributed by atoms with Gasteiger partial charge in [-0.2, -0.15) is 0 Å². The van der Waals surface area contributed by atoms with Crippen LogP contribution in [-0.2, 0) is 9.53 Å². The number of hydrogen-bond acceptors (Lipinski definition) is 9. The number of hydrogen-bond donors (Lipinski definition) is 6. The number of nitrogens with zero attached hydrogens (tertiary/aromatic N) is 3. The summed E-state index contributed by atoms with van der Waals surface area (Å²) < 4.78 is 5.55. The molecule has 3 unspecified atom stereocenters. The van der Waals surface area contributed by atoms with Crippen molar-refractivity contribution in [2.24, 2.45) is 4.99 Å². The summed E-state index contributed by atoms with van der Waals surface area (Å²) in [6.45, 7) is -0.111. The highest BCUT2D eigenvalue weighted by Crippen LogP contribution is 2.28. The number of aliphatic hydroxyl groups excluding tert-OH is 3. The minimum Gasteiger partial charge on any atom is -0.394 e. The Morgan fingerprint density at radius 2 is 2.17 bits per heavy atom. The van der Waals surface area contributed by atoms with Gasteiger partial charge in [-0.3, -0.25) is 15.4 Å². The molecule has 0 aromatic heterocycles. The van der Waals surface area contributed by atoms with Gasteiger partial charge in [0.2, 0.25) is 5.91 Å². The topological polar surface area (TPSA) is 142 Å². The number of aliphatic hydroxyl groups is 3. The summed E-state index contributed by atoms with van der Waals surface area (Å²) in [4.78, 5) is 19.9. The fourth-order valence-corrected chi connectivity index (χ4v) is 3.14. The van der Waals surface area contributed by atoms with Crippen LogP contribution in [0, 0.1) is 0 Å². The van der Waals surface area contributed by atoms with E-state index in [0.717, 1.165) is 0 Å². The van der Waals surface area contributed by atoms with Crippen molar-refractivity contribution < 1.29 is 24.9 Å². The molecule has 11 nitrogen and oxygen atoms in total. The molecule has 0 aromatic rings. The van der Waals surface area contributed by atoms with Crippen LogP contribution in [0.4, 0.5) is 0 Å². The summed E-state index contributed by atoms with van der Waals surface area (Å²) in [7, 11) is 3.64. The van der Waals surface area contributed by atoms with E-state index in [2.05, 4.69) is 20.9 Å². The summed E-state index contributed by atoms with van der Waals surface area (Å²) in [6, 6.07) is -0.531. The van der Waals surface area contributed by atoms with E-state index in [0.29, 0.717) is 0 Å². The second-order valence-corrected chi connectivity index (χ2v) is 6.33.